The summed E-state index contributed by atoms with van der Waals surface area (Å²) >= 11 is 0. The van der Waals surface area contributed by atoms with E-state index in [-0.39, 0.29) is 11.1 Å². The maximum Gasteiger partial charge on any atom is 0.534 e. The van der Waals surface area contributed by atoms with Gasteiger partial charge in [-0.15, -0.1) is 0 Å². The summed E-state index contributed by atoms with van der Waals surface area (Å²) in [5.74, 6) is -0.369. The van der Waals surface area contributed by atoms with Crippen LogP contribution >= 0.6 is 0 Å². The van der Waals surface area contributed by atoms with Gasteiger partial charge in [0, 0.05) is 5.39 Å². The predicted octanol–water partition coefficient (Wildman–Crippen LogP) is 7.04. The molecule has 0 aromatic heterocycles. The molecular formula is C25H15F3O3S. The minimum atomic E-state index is -5.79. The SMILES string of the molecule is O=S(=O)(Oc1ccc(-c2c3ccccc3cc3ccccc23)c2ccccc12)C(F)(F)F. The van der Waals surface area contributed by atoms with Crippen molar-refractivity contribution in [2.45, 2.75) is 5.51 Å². The summed E-state index contributed by atoms with van der Waals surface area (Å²) in [5.41, 5.74) is -3.83. The normalized spacial score (nSPS) is 12.5. The number of benzene rings is 5. The smallest absolute Gasteiger partial charge is 0.375 e. The molecule has 32 heavy (non-hydrogen) atoms. The monoisotopic (exact) mass is 452 g/mol. The third-order valence-electron chi connectivity index (χ3n) is 5.41. The second-order valence-corrected chi connectivity index (χ2v) is 8.87. The van der Waals surface area contributed by atoms with Crippen LogP contribution in [0, 0.1) is 0 Å². The molecule has 5 aromatic rings. The van der Waals surface area contributed by atoms with Crippen molar-refractivity contribution in [1.82, 2.24) is 0 Å². The quantitative estimate of drug-likeness (QED) is 0.167. The van der Waals surface area contributed by atoms with Crippen molar-refractivity contribution in [3.63, 3.8) is 0 Å². The second-order valence-electron chi connectivity index (χ2n) is 7.33. The van der Waals surface area contributed by atoms with Crippen LogP contribution in [0.15, 0.2) is 91.0 Å². The molecule has 0 heterocycles. The number of fused-ring (bicyclic) bond motifs is 3. The summed E-state index contributed by atoms with van der Waals surface area (Å²) < 4.78 is 66.4. The highest BCUT2D eigenvalue weighted by atomic mass is 32.2. The molecule has 0 bridgehead atoms. The molecule has 0 atom stereocenters. The molecule has 0 saturated heterocycles. The van der Waals surface area contributed by atoms with Crippen LogP contribution in [0.4, 0.5) is 13.2 Å². The molecule has 0 N–H and O–H groups in total. The van der Waals surface area contributed by atoms with E-state index in [1.54, 1.807) is 30.3 Å². The Morgan fingerprint density at radius 1 is 0.625 bits per heavy atom. The molecule has 0 unspecified atom stereocenters. The first-order valence-electron chi connectivity index (χ1n) is 9.70. The lowest BCUT2D eigenvalue weighted by Crippen LogP contribution is -2.28. The highest BCUT2D eigenvalue weighted by Gasteiger charge is 2.48. The zero-order chi connectivity index (χ0) is 22.5. The van der Waals surface area contributed by atoms with E-state index >= 15 is 0 Å². The first-order chi connectivity index (χ1) is 15.3. The van der Waals surface area contributed by atoms with E-state index < -0.39 is 15.6 Å². The Morgan fingerprint density at radius 2 is 1.12 bits per heavy atom. The predicted molar refractivity (Wildman–Crippen MR) is 120 cm³/mol. The van der Waals surface area contributed by atoms with E-state index in [0.717, 1.165) is 32.7 Å². The van der Waals surface area contributed by atoms with Crippen molar-refractivity contribution in [2.75, 3.05) is 0 Å². The number of rotatable bonds is 3. The molecule has 0 aliphatic rings. The standard InChI is InChI=1S/C25H15F3O3S/c26-25(27,28)32(29,30)31-23-14-13-22(20-11-5-6-12-21(20)23)24-18-9-3-1-7-16(18)15-17-8-2-4-10-19(17)24/h1-15H. The molecule has 5 aromatic carbocycles. The summed E-state index contributed by atoms with van der Waals surface area (Å²) in [6.07, 6.45) is 0. The van der Waals surface area contributed by atoms with Gasteiger partial charge < -0.3 is 4.18 Å². The molecule has 0 radical (unpaired) electrons. The van der Waals surface area contributed by atoms with Gasteiger partial charge in [0.25, 0.3) is 0 Å². The van der Waals surface area contributed by atoms with Crippen molar-refractivity contribution in [3.8, 4) is 16.9 Å². The van der Waals surface area contributed by atoms with E-state index in [1.165, 1.54) is 6.07 Å². The lowest BCUT2D eigenvalue weighted by molar-refractivity contribution is -0.0499. The van der Waals surface area contributed by atoms with Crippen LogP contribution < -0.4 is 4.18 Å². The summed E-state index contributed by atoms with van der Waals surface area (Å²) in [5, 5.41) is 4.86. The van der Waals surface area contributed by atoms with Gasteiger partial charge in [-0.3, -0.25) is 0 Å². The summed E-state index contributed by atoms with van der Waals surface area (Å²) in [4.78, 5) is 0. The largest absolute Gasteiger partial charge is 0.534 e. The molecule has 5 rings (SSSR count). The molecule has 7 heteroatoms. The van der Waals surface area contributed by atoms with E-state index in [0.29, 0.717) is 5.39 Å². The molecule has 160 valence electrons. The van der Waals surface area contributed by atoms with Crippen LogP contribution in [-0.2, 0) is 10.1 Å². The van der Waals surface area contributed by atoms with E-state index in [9.17, 15) is 21.6 Å². The lowest BCUT2D eigenvalue weighted by atomic mass is 9.89. The zero-order valence-corrected chi connectivity index (χ0v) is 17.2. The highest BCUT2D eigenvalue weighted by molar-refractivity contribution is 7.88. The minimum absolute atomic E-state index is 0.273. The van der Waals surface area contributed by atoms with Gasteiger partial charge in [-0.1, -0.05) is 72.8 Å². The van der Waals surface area contributed by atoms with E-state index in [4.69, 9.17) is 0 Å². The number of hydrogen-bond acceptors (Lipinski definition) is 3. The minimum Gasteiger partial charge on any atom is -0.375 e. The molecule has 0 fully saturated rings. The van der Waals surface area contributed by atoms with Crippen LogP contribution in [0.5, 0.6) is 5.75 Å². The van der Waals surface area contributed by atoms with Crippen molar-refractivity contribution >= 4 is 42.4 Å². The van der Waals surface area contributed by atoms with Crippen LogP contribution in [0.3, 0.4) is 0 Å². The van der Waals surface area contributed by atoms with Crippen LogP contribution in [-0.4, -0.2) is 13.9 Å². The summed E-state index contributed by atoms with van der Waals surface area (Å²) in [6.45, 7) is 0. The molecule has 0 saturated carbocycles. The maximum atomic E-state index is 12.9. The summed E-state index contributed by atoms with van der Waals surface area (Å²) in [7, 11) is -5.79. The average Bonchev–Trinajstić information content (AvgIpc) is 2.77. The Morgan fingerprint density at radius 3 is 1.69 bits per heavy atom. The fraction of sp³-hybridized carbons (Fsp3) is 0.0400. The highest BCUT2D eigenvalue weighted by Crippen LogP contribution is 2.42. The van der Waals surface area contributed by atoms with Crippen LogP contribution in [0.2, 0.25) is 0 Å². The van der Waals surface area contributed by atoms with Gasteiger partial charge in [-0.25, -0.2) is 0 Å². The lowest BCUT2D eigenvalue weighted by Gasteiger charge is -2.16. The Labute approximate surface area is 181 Å². The fourth-order valence-corrected chi connectivity index (χ4v) is 4.51. The maximum absolute atomic E-state index is 12.9. The van der Waals surface area contributed by atoms with E-state index in [1.807, 2.05) is 48.5 Å². The summed E-state index contributed by atoms with van der Waals surface area (Å²) in [6, 6.07) is 27.4. The van der Waals surface area contributed by atoms with Crippen LogP contribution in [0.1, 0.15) is 0 Å². The molecular weight excluding hydrogens is 437 g/mol. The first-order valence-corrected chi connectivity index (χ1v) is 11.1. The second kappa shape index (κ2) is 7.24. The third-order valence-corrected chi connectivity index (χ3v) is 6.37. The van der Waals surface area contributed by atoms with Gasteiger partial charge in [-0.05, 0) is 56.3 Å². The molecule has 0 aliphatic heterocycles. The van der Waals surface area contributed by atoms with E-state index in [2.05, 4.69) is 10.2 Å². The van der Waals surface area contributed by atoms with Gasteiger partial charge in [0.05, 0.1) is 0 Å². The Balaban J connectivity index is 1.83. The first kappa shape index (κ1) is 20.3. The van der Waals surface area contributed by atoms with Crippen molar-refractivity contribution < 1.29 is 25.8 Å². The molecule has 0 spiro atoms. The number of alkyl halides is 3. The van der Waals surface area contributed by atoms with Gasteiger partial charge in [0.2, 0.25) is 0 Å². The van der Waals surface area contributed by atoms with Gasteiger partial charge in [0.1, 0.15) is 0 Å². The topological polar surface area (TPSA) is 43.4 Å². The third kappa shape index (κ3) is 3.26. The average molecular weight is 452 g/mol. The Kier molecular flexibility index (Phi) is 4.60. The molecule has 3 nitrogen and oxygen atoms in total. The fourth-order valence-electron chi connectivity index (χ4n) is 4.03. The Bertz CT molecular complexity index is 1550. The van der Waals surface area contributed by atoms with Crippen molar-refractivity contribution in [2.24, 2.45) is 0 Å². The van der Waals surface area contributed by atoms with Gasteiger partial charge in [0.15, 0.2) is 5.75 Å². The molecule has 0 aliphatic carbocycles. The molecule has 0 amide bonds. The number of hydrogen-bond donors (Lipinski definition) is 0. The number of halogens is 3. The van der Waals surface area contributed by atoms with Crippen molar-refractivity contribution in [3.05, 3.63) is 91.0 Å². The van der Waals surface area contributed by atoms with Gasteiger partial charge >= 0.3 is 15.6 Å². The van der Waals surface area contributed by atoms with Crippen LogP contribution in [0.25, 0.3) is 43.4 Å². The zero-order valence-electron chi connectivity index (χ0n) is 16.4. The van der Waals surface area contributed by atoms with Gasteiger partial charge in [-0.2, -0.15) is 21.6 Å². The Hall–Kier alpha value is -3.58. The van der Waals surface area contributed by atoms with Crippen molar-refractivity contribution in [1.29, 1.82) is 0 Å².